The first-order valence-electron chi connectivity index (χ1n) is 9.56. The average molecular weight is 397 g/mol. The molecule has 2 aromatic carbocycles. The van der Waals surface area contributed by atoms with Crippen molar-refractivity contribution in [3.63, 3.8) is 0 Å². The molecule has 6 nitrogen and oxygen atoms in total. The molecule has 2 aromatic rings. The van der Waals surface area contributed by atoms with Gasteiger partial charge < -0.3 is 19.5 Å². The van der Waals surface area contributed by atoms with Crippen LogP contribution < -0.4 is 9.47 Å². The van der Waals surface area contributed by atoms with Crippen molar-refractivity contribution in [1.82, 2.24) is 4.90 Å². The zero-order valence-corrected chi connectivity index (χ0v) is 17.1. The lowest BCUT2D eigenvalue weighted by Crippen LogP contribution is -2.28. The third-order valence-electron chi connectivity index (χ3n) is 4.36. The van der Waals surface area contributed by atoms with Crippen molar-refractivity contribution >= 4 is 17.4 Å². The monoisotopic (exact) mass is 397 g/mol. The van der Waals surface area contributed by atoms with E-state index in [0.29, 0.717) is 31.2 Å². The van der Waals surface area contributed by atoms with E-state index in [2.05, 4.69) is 0 Å². The van der Waals surface area contributed by atoms with Crippen molar-refractivity contribution in [2.24, 2.45) is 0 Å². The molecule has 0 saturated carbocycles. The maximum atomic E-state index is 12.4. The number of likely N-dealkylation sites (N-methyl/N-ethyl adjacent to an activating group) is 1. The van der Waals surface area contributed by atoms with Gasteiger partial charge in [0.15, 0.2) is 6.61 Å². The molecule has 0 heterocycles. The Labute approximate surface area is 171 Å². The van der Waals surface area contributed by atoms with Gasteiger partial charge in [-0.2, -0.15) is 0 Å². The number of carbonyl (C=O) groups excluding carboxylic acids is 1. The van der Waals surface area contributed by atoms with Crippen LogP contribution in [0.4, 0.5) is 0 Å². The van der Waals surface area contributed by atoms with E-state index in [1.807, 2.05) is 57.2 Å². The van der Waals surface area contributed by atoms with Gasteiger partial charge in [0.2, 0.25) is 5.91 Å². The first kappa shape index (κ1) is 22.0. The first-order chi connectivity index (χ1) is 13.9. The van der Waals surface area contributed by atoms with Crippen molar-refractivity contribution in [1.29, 1.82) is 0 Å². The second kappa shape index (κ2) is 10.9. The Balaban J connectivity index is 2.27. The molecule has 0 saturated heterocycles. The molecule has 0 aromatic heterocycles. The van der Waals surface area contributed by atoms with Crippen molar-refractivity contribution in [3.8, 4) is 11.5 Å². The van der Waals surface area contributed by atoms with Gasteiger partial charge >= 0.3 is 5.97 Å². The Hall–Kier alpha value is -3.28. The molecule has 0 fully saturated rings. The van der Waals surface area contributed by atoms with Crippen molar-refractivity contribution in [2.75, 3.05) is 19.7 Å². The summed E-state index contributed by atoms with van der Waals surface area (Å²) in [5.74, 6) is -0.229. The number of rotatable bonds is 10. The van der Waals surface area contributed by atoms with Gasteiger partial charge in [0.05, 0.1) is 0 Å². The average Bonchev–Trinajstić information content (AvgIpc) is 2.72. The summed E-state index contributed by atoms with van der Waals surface area (Å²) in [5, 5.41) is 8.89. The highest BCUT2D eigenvalue weighted by Crippen LogP contribution is 2.28. The zero-order chi connectivity index (χ0) is 21.2. The molecule has 0 radical (unpaired) electrons. The Morgan fingerprint density at radius 3 is 2.21 bits per heavy atom. The highest BCUT2D eigenvalue weighted by Gasteiger charge is 2.11. The van der Waals surface area contributed by atoms with Crippen LogP contribution in [0.15, 0.2) is 54.6 Å². The number of carboxylic acids is 1. The molecule has 0 bridgehead atoms. The zero-order valence-electron chi connectivity index (χ0n) is 17.1. The van der Waals surface area contributed by atoms with Crippen LogP contribution in [0.5, 0.6) is 11.5 Å². The lowest BCUT2D eigenvalue weighted by Gasteiger charge is -2.17. The normalized spacial score (nSPS) is 11.1. The van der Waals surface area contributed by atoms with Crippen LogP contribution in [0.3, 0.4) is 0 Å². The highest BCUT2D eigenvalue weighted by molar-refractivity contribution is 5.95. The molecule has 0 aliphatic carbocycles. The quantitative estimate of drug-likeness (QED) is 0.613. The van der Waals surface area contributed by atoms with Crippen molar-refractivity contribution in [2.45, 2.75) is 27.4 Å². The largest absolute Gasteiger partial charge is 0.489 e. The molecule has 154 valence electrons. The molecule has 2 rings (SSSR count). The predicted molar refractivity (Wildman–Crippen MR) is 112 cm³/mol. The van der Waals surface area contributed by atoms with Crippen molar-refractivity contribution < 1.29 is 24.2 Å². The van der Waals surface area contributed by atoms with E-state index < -0.39 is 12.6 Å². The Bertz CT molecular complexity index is 857. The summed E-state index contributed by atoms with van der Waals surface area (Å²) < 4.78 is 11.2. The summed E-state index contributed by atoms with van der Waals surface area (Å²) in [6, 6.07) is 14.9. The fourth-order valence-corrected chi connectivity index (χ4v) is 2.75. The molecule has 0 spiro atoms. The highest BCUT2D eigenvalue weighted by atomic mass is 16.5. The smallest absolute Gasteiger partial charge is 0.341 e. The minimum atomic E-state index is -1.06. The van der Waals surface area contributed by atoms with Gasteiger partial charge in [-0.3, -0.25) is 4.79 Å². The summed E-state index contributed by atoms with van der Waals surface area (Å²) in [6.45, 7) is 6.87. The number of allylic oxidation sites excluding steroid dienone is 1. The van der Waals surface area contributed by atoms with Gasteiger partial charge in [-0.15, -0.1) is 0 Å². The fraction of sp³-hybridized carbons (Fsp3) is 0.304. The molecule has 1 amide bonds. The van der Waals surface area contributed by atoms with Crippen LogP contribution in [0.2, 0.25) is 0 Å². The lowest BCUT2D eigenvalue weighted by atomic mass is 10.1. The predicted octanol–water partition coefficient (Wildman–Crippen LogP) is 4.00. The number of hydrogen-bond donors (Lipinski definition) is 1. The Kier molecular flexibility index (Phi) is 8.27. The maximum absolute atomic E-state index is 12.4. The Morgan fingerprint density at radius 2 is 1.62 bits per heavy atom. The number of amides is 1. The van der Waals surface area contributed by atoms with E-state index in [1.54, 1.807) is 23.1 Å². The van der Waals surface area contributed by atoms with Crippen LogP contribution in [-0.4, -0.2) is 41.6 Å². The molecular formula is C23H27NO5. The van der Waals surface area contributed by atoms with Crippen molar-refractivity contribution in [3.05, 3.63) is 65.7 Å². The Morgan fingerprint density at radius 1 is 1.00 bits per heavy atom. The second-order valence-electron chi connectivity index (χ2n) is 6.49. The van der Waals surface area contributed by atoms with E-state index in [9.17, 15) is 9.59 Å². The minimum Gasteiger partial charge on any atom is -0.489 e. The van der Waals surface area contributed by atoms with E-state index in [0.717, 1.165) is 16.7 Å². The van der Waals surface area contributed by atoms with Gasteiger partial charge in [0.25, 0.3) is 0 Å². The summed E-state index contributed by atoms with van der Waals surface area (Å²) in [6.07, 6.45) is 1.57. The molecule has 0 aliphatic heterocycles. The van der Waals surface area contributed by atoms with E-state index >= 15 is 0 Å². The first-order valence-corrected chi connectivity index (χ1v) is 9.56. The van der Waals surface area contributed by atoms with Crippen LogP contribution in [0, 0.1) is 0 Å². The number of ether oxygens (including phenoxy) is 2. The molecule has 6 heteroatoms. The standard InChI is InChI=1S/C23H27NO5/c1-4-24(5-2)22(25)11-17(3)19-12-20(14-21(13-19)29-16-23(26)27)28-15-18-9-7-6-8-10-18/h6-14H,4-5,15-16H2,1-3H3,(H,26,27)/b17-11-. The van der Waals surface area contributed by atoms with E-state index in [1.165, 1.54) is 0 Å². The number of hydrogen-bond acceptors (Lipinski definition) is 4. The summed E-state index contributed by atoms with van der Waals surface area (Å²) >= 11 is 0. The topological polar surface area (TPSA) is 76.1 Å². The summed E-state index contributed by atoms with van der Waals surface area (Å²) in [5.41, 5.74) is 2.48. The minimum absolute atomic E-state index is 0.0730. The maximum Gasteiger partial charge on any atom is 0.341 e. The van der Waals surface area contributed by atoms with E-state index in [4.69, 9.17) is 14.6 Å². The van der Waals surface area contributed by atoms with Gasteiger partial charge in [-0.25, -0.2) is 4.79 Å². The number of aliphatic carboxylic acids is 1. The fourth-order valence-electron chi connectivity index (χ4n) is 2.75. The van der Waals surface area contributed by atoms with E-state index in [-0.39, 0.29) is 5.91 Å². The molecule has 0 aliphatic rings. The molecular weight excluding hydrogens is 370 g/mol. The molecule has 1 N–H and O–H groups in total. The molecule has 29 heavy (non-hydrogen) atoms. The SMILES string of the molecule is CCN(CC)C(=O)/C=C(/C)c1cc(OCC(=O)O)cc(OCc2ccccc2)c1. The van der Waals surface area contributed by atoms with Crippen LogP contribution in [-0.2, 0) is 16.2 Å². The van der Waals surface area contributed by atoms with Gasteiger partial charge in [-0.05, 0) is 49.6 Å². The second-order valence-corrected chi connectivity index (χ2v) is 6.49. The number of carboxylic acid groups (broad SMARTS) is 1. The number of nitrogens with zero attached hydrogens (tertiary/aromatic N) is 1. The third kappa shape index (κ3) is 6.99. The van der Waals surface area contributed by atoms with Gasteiger partial charge in [0.1, 0.15) is 18.1 Å². The van der Waals surface area contributed by atoms with Crippen LogP contribution >= 0.6 is 0 Å². The summed E-state index contributed by atoms with van der Waals surface area (Å²) in [7, 11) is 0. The van der Waals surface area contributed by atoms with Crippen LogP contribution in [0.1, 0.15) is 31.9 Å². The van der Waals surface area contributed by atoms with Gasteiger partial charge in [0, 0.05) is 25.2 Å². The van der Waals surface area contributed by atoms with Gasteiger partial charge in [-0.1, -0.05) is 30.3 Å². The number of benzene rings is 2. The molecule has 0 atom stereocenters. The number of carbonyl (C=O) groups is 2. The third-order valence-corrected chi connectivity index (χ3v) is 4.36. The molecule has 0 unspecified atom stereocenters. The van der Waals surface area contributed by atoms with Crippen LogP contribution in [0.25, 0.3) is 5.57 Å². The summed E-state index contributed by atoms with van der Waals surface area (Å²) in [4.78, 5) is 25.0. The lowest BCUT2D eigenvalue weighted by molar-refractivity contribution is -0.139.